The minimum Gasteiger partial charge on any atom is -0.454 e. The number of para-hydroxylation sites is 2. The van der Waals surface area contributed by atoms with Gasteiger partial charge in [-0.1, -0.05) is 152 Å². The van der Waals surface area contributed by atoms with Crippen LogP contribution in [0.2, 0.25) is 0 Å². The van der Waals surface area contributed by atoms with E-state index in [0.29, 0.717) is 0 Å². The Morgan fingerprint density at radius 1 is 0.320 bits per heavy atom. The van der Waals surface area contributed by atoms with E-state index in [1.54, 1.807) is 0 Å². The number of fused-ring (bicyclic) bond motifs is 6. The Morgan fingerprint density at radius 3 is 1.34 bits per heavy atom. The predicted octanol–water partition coefficient (Wildman–Crippen LogP) is 13.4. The molecule has 50 heavy (non-hydrogen) atoms. The molecule has 0 atom stereocenters. The normalized spacial score (nSPS) is 11.6. The Bertz CT molecular complexity index is 2720. The largest absolute Gasteiger partial charge is 0.454 e. The van der Waals surface area contributed by atoms with Gasteiger partial charge >= 0.3 is 0 Å². The molecule has 0 saturated carbocycles. The van der Waals surface area contributed by atoms with E-state index >= 15 is 0 Å². The van der Waals surface area contributed by atoms with Crippen LogP contribution in [0.4, 0.5) is 0 Å². The molecule has 10 rings (SSSR count). The Morgan fingerprint density at radius 2 is 0.780 bits per heavy atom. The van der Waals surface area contributed by atoms with Crippen molar-refractivity contribution < 1.29 is 4.42 Å². The molecule has 0 saturated heterocycles. The van der Waals surface area contributed by atoms with Crippen LogP contribution in [-0.2, 0) is 0 Å². The minimum absolute atomic E-state index is 0.893. The third-order valence-corrected chi connectivity index (χ3v) is 10.0. The molecule has 0 amide bonds. The van der Waals surface area contributed by atoms with Gasteiger partial charge in [0.25, 0.3) is 0 Å². The number of benzene rings is 8. The molecule has 0 unspecified atom stereocenters. The number of aromatic nitrogens is 1. The highest BCUT2D eigenvalue weighted by atomic mass is 16.3. The summed E-state index contributed by atoms with van der Waals surface area (Å²) in [7, 11) is 0. The van der Waals surface area contributed by atoms with E-state index in [1.165, 1.54) is 55.3 Å². The van der Waals surface area contributed by atoms with Crippen molar-refractivity contribution in [1.82, 2.24) is 4.57 Å². The number of hydrogen-bond donors (Lipinski definition) is 0. The lowest BCUT2D eigenvalue weighted by molar-refractivity contribution is 0.666. The summed E-state index contributed by atoms with van der Waals surface area (Å²) in [4.78, 5) is 0. The van der Waals surface area contributed by atoms with Crippen LogP contribution in [0.25, 0.3) is 93.9 Å². The molecular weight excluding hydrogens is 607 g/mol. The fraction of sp³-hybridized carbons (Fsp3) is 0. The highest BCUT2D eigenvalue weighted by Crippen LogP contribution is 2.42. The standard InChI is InChI=1S/C48H31NO/c1-3-14-32(15-4-1)36-18-7-9-20-38(36)34-26-28-44-42(30-34)43-31-35(39-21-10-8-19-37(39)33-16-5-2-6-17-33)27-29-45(43)49(44)46-24-13-23-41-40-22-11-12-25-47(40)50-48(41)46/h1-31H. The molecule has 0 aliphatic carbocycles. The van der Waals surface area contributed by atoms with Gasteiger partial charge in [-0.05, 0) is 80.9 Å². The molecule has 0 fully saturated rings. The molecule has 0 radical (unpaired) electrons. The first kappa shape index (κ1) is 28.4. The van der Waals surface area contributed by atoms with Gasteiger partial charge in [-0.15, -0.1) is 0 Å². The molecule has 2 nitrogen and oxygen atoms in total. The number of hydrogen-bond acceptors (Lipinski definition) is 1. The van der Waals surface area contributed by atoms with Crippen molar-refractivity contribution in [2.24, 2.45) is 0 Å². The van der Waals surface area contributed by atoms with E-state index in [9.17, 15) is 0 Å². The first-order valence-electron chi connectivity index (χ1n) is 17.1. The molecule has 0 N–H and O–H groups in total. The zero-order valence-corrected chi connectivity index (χ0v) is 27.3. The molecule has 234 valence electrons. The van der Waals surface area contributed by atoms with E-state index in [1.807, 2.05) is 6.07 Å². The summed E-state index contributed by atoms with van der Waals surface area (Å²) in [5, 5.41) is 4.65. The molecule has 2 heterocycles. The van der Waals surface area contributed by atoms with Crippen molar-refractivity contribution >= 4 is 43.7 Å². The molecule has 0 aliphatic heterocycles. The third-order valence-electron chi connectivity index (χ3n) is 10.0. The first-order valence-corrected chi connectivity index (χ1v) is 17.1. The second kappa shape index (κ2) is 11.5. The van der Waals surface area contributed by atoms with Gasteiger partial charge in [0, 0.05) is 21.5 Å². The van der Waals surface area contributed by atoms with Gasteiger partial charge in [-0.3, -0.25) is 0 Å². The lowest BCUT2D eigenvalue weighted by Gasteiger charge is -2.12. The van der Waals surface area contributed by atoms with Crippen molar-refractivity contribution in [3.05, 3.63) is 188 Å². The lowest BCUT2D eigenvalue weighted by atomic mass is 9.92. The molecule has 0 bridgehead atoms. The van der Waals surface area contributed by atoms with E-state index in [-0.39, 0.29) is 0 Å². The summed E-state index contributed by atoms with van der Waals surface area (Å²) in [5.74, 6) is 0. The van der Waals surface area contributed by atoms with Gasteiger partial charge in [0.05, 0.1) is 16.7 Å². The number of nitrogens with zero attached hydrogens (tertiary/aromatic N) is 1. The van der Waals surface area contributed by atoms with Gasteiger partial charge in [0.2, 0.25) is 0 Å². The van der Waals surface area contributed by atoms with Crippen LogP contribution in [-0.4, -0.2) is 4.57 Å². The highest BCUT2D eigenvalue weighted by molar-refractivity contribution is 6.14. The first-order chi connectivity index (χ1) is 24.8. The Labute approximate surface area is 290 Å². The van der Waals surface area contributed by atoms with Crippen molar-refractivity contribution in [3.63, 3.8) is 0 Å². The fourth-order valence-electron chi connectivity index (χ4n) is 7.73. The van der Waals surface area contributed by atoms with Gasteiger partial charge in [0.15, 0.2) is 5.58 Å². The quantitative estimate of drug-likeness (QED) is 0.184. The summed E-state index contributed by atoms with van der Waals surface area (Å²) in [6, 6.07) is 67.4. The topological polar surface area (TPSA) is 18.1 Å². The van der Waals surface area contributed by atoms with Crippen molar-refractivity contribution in [3.8, 4) is 50.2 Å². The van der Waals surface area contributed by atoms with Gasteiger partial charge in [-0.25, -0.2) is 0 Å². The fourth-order valence-corrected chi connectivity index (χ4v) is 7.73. The van der Waals surface area contributed by atoms with Crippen LogP contribution in [0.3, 0.4) is 0 Å². The third kappa shape index (κ3) is 4.50. The Balaban J connectivity index is 1.26. The summed E-state index contributed by atoms with van der Waals surface area (Å²) in [6.45, 7) is 0. The summed E-state index contributed by atoms with van der Waals surface area (Å²) in [5.41, 5.74) is 14.8. The smallest absolute Gasteiger partial charge is 0.159 e. The summed E-state index contributed by atoms with van der Waals surface area (Å²) >= 11 is 0. The number of rotatable bonds is 5. The highest BCUT2D eigenvalue weighted by Gasteiger charge is 2.20. The predicted molar refractivity (Wildman–Crippen MR) is 210 cm³/mol. The van der Waals surface area contributed by atoms with Crippen molar-refractivity contribution in [2.45, 2.75) is 0 Å². The maximum absolute atomic E-state index is 6.60. The van der Waals surface area contributed by atoms with Crippen LogP contribution in [0.15, 0.2) is 192 Å². The monoisotopic (exact) mass is 637 g/mol. The van der Waals surface area contributed by atoms with E-state index in [2.05, 4.69) is 187 Å². The maximum atomic E-state index is 6.60. The second-order valence-corrected chi connectivity index (χ2v) is 12.9. The molecule has 2 aromatic heterocycles. The van der Waals surface area contributed by atoms with Gasteiger partial charge < -0.3 is 8.98 Å². The lowest BCUT2D eigenvalue weighted by Crippen LogP contribution is -1.94. The summed E-state index contributed by atoms with van der Waals surface area (Å²) in [6.07, 6.45) is 0. The SMILES string of the molecule is c1ccc(-c2ccccc2-c2ccc3c(c2)c2cc(-c4ccccc4-c4ccccc4)ccc2n3-c2cccc3c2oc2ccccc23)cc1. The molecule has 2 heteroatoms. The van der Waals surface area contributed by atoms with E-state index in [4.69, 9.17) is 4.42 Å². The zero-order chi connectivity index (χ0) is 33.0. The molecular formula is C48H31NO. The Hall–Kier alpha value is -6.64. The van der Waals surface area contributed by atoms with E-state index in [0.717, 1.165) is 38.7 Å². The summed E-state index contributed by atoms with van der Waals surface area (Å²) < 4.78 is 8.98. The van der Waals surface area contributed by atoms with Crippen LogP contribution in [0.5, 0.6) is 0 Å². The maximum Gasteiger partial charge on any atom is 0.159 e. The van der Waals surface area contributed by atoms with Gasteiger partial charge in [-0.2, -0.15) is 0 Å². The molecule has 0 spiro atoms. The van der Waals surface area contributed by atoms with Crippen LogP contribution < -0.4 is 0 Å². The molecule has 0 aliphatic rings. The zero-order valence-electron chi connectivity index (χ0n) is 27.3. The van der Waals surface area contributed by atoms with Crippen LogP contribution in [0.1, 0.15) is 0 Å². The van der Waals surface area contributed by atoms with Crippen molar-refractivity contribution in [1.29, 1.82) is 0 Å². The van der Waals surface area contributed by atoms with Gasteiger partial charge in [0.1, 0.15) is 5.58 Å². The van der Waals surface area contributed by atoms with Crippen molar-refractivity contribution in [2.75, 3.05) is 0 Å². The average Bonchev–Trinajstić information content (AvgIpc) is 3.74. The number of furan rings is 1. The molecule has 8 aromatic carbocycles. The average molecular weight is 638 g/mol. The Kier molecular flexibility index (Phi) is 6.53. The molecule has 10 aromatic rings. The van der Waals surface area contributed by atoms with Crippen LogP contribution in [0, 0.1) is 0 Å². The second-order valence-electron chi connectivity index (χ2n) is 12.9. The minimum atomic E-state index is 0.893. The van der Waals surface area contributed by atoms with Crippen LogP contribution >= 0.6 is 0 Å². The van der Waals surface area contributed by atoms with E-state index < -0.39 is 0 Å².